The second-order valence-corrected chi connectivity index (χ2v) is 14.9. The Hall–Kier alpha value is -2.26. The lowest BCUT2D eigenvalue weighted by Crippen LogP contribution is -2.66. The Morgan fingerprint density at radius 1 is 1.03 bits per heavy atom. The van der Waals surface area contributed by atoms with Gasteiger partial charge in [0, 0.05) is 16.7 Å². The Balaban J connectivity index is 1.71. The molecular weight excluding hydrogens is 464 g/mol. The van der Waals surface area contributed by atoms with Crippen LogP contribution >= 0.6 is 0 Å². The van der Waals surface area contributed by atoms with Crippen LogP contribution in [0.25, 0.3) is 0 Å². The summed E-state index contributed by atoms with van der Waals surface area (Å²) in [4.78, 5) is 40.7. The van der Waals surface area contributed by atoms with Crippen molar-refractivity contribution < 1.29 is 19.6 Å². The molecule has 3 saturated carbocycles. The molecule has 2 N–H and O–H groups in total. The molecule has 6 nitrogen and oxygen atoms in total. The van der Waals surface area contributed by atoms with E-state index in [0.717, 1.165) is 37.7 Å². The lowest BCUT2D eigenvalue weighted by molar-refractivity contribution is -0.182. The molecule has 0 aromatic rings. The molecule has 0 saturated heterocycles. The van der Waals surface area contributed by atoms with Crippen LogP contribution in [0, 0.1) is 61.6 Å². The van der Waals surface area contributed by atoms with E-state index in [1.54, 1.807) is 0 Å². The number of ketones is 2. The summed E-state index contributed by atoms with van der Waals surface area (Å²) in [7, 11) is 0. The zero-order valence-corrected chi connectivity index (χ0v) is 23.5. The molecule has 37 heavy (non-hydrogen) atoms. The van der Waals surface area contributed by atoms with Crippen molar-refractivity contribution in [1.29, 1.82) is 5.26 Å². The van der Waals surface area contributed by atoms with Crippen molar-refractivity contribution in [3.8, 4) is 6.07 Å². The number of hydrogen-bond donors (Lipinski definition) is 2. The maximum absolute atomic E-state index is 14.3. The summed E-state index contributed by atoms with van der Waals surface area (Å²) in [5, 5.41) is 19.6. The summed E-state index contributed by atoms with van der Waals surface area (Å²) in [6, 6.07) is 2.15. The van der Waals surface area contributed by atoms with Gasteiger partial charge in [0.1, 0.15) is 6.07 Å². The van der Waals surface area contributed by atoms with E-state index in [-0.39, 0.29) is 57.0 Å². The number of carbonyl (C=O) groups is 3. The largest absolute Gasteiger partial charge is 0.295 e. The fourth-order valence-electron chi connectivity index (χ4n) is 10.1. The van der Waals surface area contributed by atoms with Crippen LogP contribution in [-0.2, 0) is 14.4 Å². The number of Topliss-reactive ketones (excluding diaryl/α,β-unsaturated/α-hetero) is 1. The summed E-state index contributed by atoms with van der Waals surface area (Å²) >= 11 is 0. The third kappa shape index (κ3) is 3.10. The average Bonchev–Trinajstić information content (AvgIpc) is 2.82. The fourth-order valence-corrected chi connectivity index (χ4v) is 10.1. The molecule has 5 rings (SSSR count). The van der Waals surface area contributed by atoms with Crippen molar-refractivity contribution >= 4 is 17.5 Å². The van der Waals surface area contributed by atoms with Crippen LogP contribution < -0.4 is 5.48 Å². The molecule has 3 fully saturated rings. The van der Waals surface area contributed by atoms with E-state index in [9.17, 15) is 24.9 Å². The second kappa shape index (κ2) is 7.65. The molecule has 1 unspecified atom stereocenters. The number of nitrogens with one attached hydrogen (secondary N) is 1. The maximum atomic E-state index is 14.3. The maximum Gasteiger partial charge on any atom is 0.249 e. The lowest BCUT2D eigenvalue weighted by atomic mass is 9.34. The highest BCUT2D eigenvalue weighted by molar-refractivity contribution is 6.04. The number of fused-ring (bicyclic) bond motifs is 7. The monoisotopic (exact) mass is 506 g/mol. The standard InChI is InChI=1S/C31H42N2O4/c1-26(2)10-12-31(25(36)33-37)13-11-30(7)23(19(31)16-26)20(34)14-22-28(5)15-18(17-32)24(35)27(3,4)21(28)8-9-29(22,30)6/h14-15,19,21,23,37H,8-13,16H2,1-7H3,(H,33,36)/t19-,21?,23-,28-,29+,30+,31-/m0/s1. The van der Waals surface area contributed by atoms with Crippen LogP contribution in [0.4, 0.5) is 0 Å². The van der Waals surface area contributed by atoms with Gasteiger partial charge in [-0.2, -0.15) is 5.26 Å². The van der Waals surface area contributed by atoms with Gasteiger partial charge in [0.25, 0.3) is 0 Å². The van der Waals surface area contributed by atoms with Crippen LogP contribution in [0.15, 0.2) is 23.3 Å². The van der Waals surface area contributed by atoms with Gasteiger partial charge < -0.3 is 0 Å². The number of rotatable bonds is 1. The first-order chi connectivity index (χ1) is 17.0. The Kier molecular flexibility index (Phi) is 5.45. The van der Waals surface area contributed by atoms with Crippen LogP contribution in [0.5, 0.6) is 0 Å². The van der Waals surface area contributed by atoms with E-state index in [1.807, 2.05) is 31.5 Å². The van der Waals surface area contributed by atoms with Crippen molar-refractivity contribution in [2.75, 3.05) is 0 Å². The third-order valence-electron chi connectivity index (χ3n) is 12.4. The molecule has 0 heterocycles. The lowest BCUT2D eigenvalue weighted by Gasteiger charge is -2.68. The summed E-state index contributed by atoms with van der Waals surface area (Å²) in [5.41, 5.74) is 0.565. The number of allylic oxidation sites excluding steroid dienone is 4. The molecule has 5 aliphatic rings. The van der Waals surface area contributed by atoms with Gasteiger partial charge in [-0.1, -0.05) is 60.1 Å². The SMILES string of the molecule is CC1(C)CC[C@]2(C(=O)NO)CC[C@]3(C)[C@H](C(=O)C=C4[C@@]5(C)C=C(C#N)C(=O)C(C)(C)C5CC[C@]43C)[C@@H]2C1. The van der Waals surface area contributed by atoms with Gasteiger partial charge >= 0.3 is 0 Å². The Labute approximate surface area is 220 Å². The summed E-state index contributed by atoms with van der Waals surface area (Å²) in [6.07, 6.45) is 9.12. The smallest absolute Gasteiger partial charge is 0.249 e. The Morgan fingerprint density at radius 2 is 1.68 bits per heavy atom. The molecular formula is C31H42N2O4. The predicted octanol–water partition coefficient (Wildman–Crippen LogP) is 5.71. The van der Waals surface area contributed by atoms with Crippen molar-refractivity contribution in [1.82, 2.24) is 5.48 Å². The van der Waals surface area contributed by atoms with Crippen LogP contribution in [0.1, 0.15) is 93.4 Å². The number of amides is 1. The van der Waals surface area contributed by atoms with Gasteiger partial charge in [-0.25, -0.2) is 5.48 Å². The molecule has 6 heteroatoms. The quantitative estimate of drug-likeness (QED) is 0.350. The average molecular weight is 507 g/mol. The van der Waals surface area contributed by atoms with E-state index in [2.05, 4.69) is 40.7 Å². The summed E-state index contributed by atoms with van der Waals surface area (Å²) < 4.78 is 0. The molecule has 0 aromatic heterocycles. The van der Waals surface area contributed by atoms with Gasteiger partial charge in [-0.05, 0) is 79.1 Å². The van der Waals surface area contributed by atoms with Crippen LogP contribution in [0.2, 0.25) is 0 Å². The number of nitriles is 1. The van der Waals surface area contributed by atoms with Crippen LogP contribution in [0.3, 0.4) is 0 Å². The first kappa shape index (κ1) is 26.4. The third-order valence-corrected chi connectivity index (χ3v) is 12.4. The number of hydrogen-bond acceptors (Lipinski definition) is 5. The zero-order valence-electron chi connectivity index (χ0n) is 23.5. The first-order valence-electron chi connectivity index (χ1n) is 13.9. The van der Waals surface area contributed by atoms with Gasteiger partial charge in [0.05, 0.1) is 11.0 Å². The van der Waals surface area contributed by atoms with Crippen LogP contribution in [-0.4, -0.2) is 22.7 Å². The molecule has 7 atom stereocenters. The van der Waals surface area contributed by atoms with Gasteiger partial charge in [-0.15, -0.1) is 0 Å². The van der Waals surface area contributed by atoms with Crippen molar-refractivity contribution in [3.05, 3.63) is 23.3 Å². The topological polar surface area (TPSA) is 107 Å². The number of carbonyl (C=O) groups excluding carboxylic acids is 3. The minimum Gasteiger partial charge on any atom is -0.295 e. The number of nitrogens with zero attached hydrogens (tertiary/aromatic N) is 1. The molecule has 0 aliphatic heterocycles. The molecule has 5 aliphatic carbocycles. The summed E-state index contributed by atoms with van der Waals surface area (Å²) in [5.74, 6) is -0.833. The van der Waals surface area contributed by atoms with Gasteiger partial charge in [0.15, 0.2) is 11.6 Å². The van der Waals surface area contributed by atoms with Gasteiger partial charge in [0.2, 0.25) is 5.91 Å². The molecule has 200 valence electrons. The highest BCUT2D eigenvalue weighted by Crippen LogP contribution is 2.74. The zero-order chi connectivity index (χ0) is 27.4. The fraction of sp³-hybridized carbons (Fsp3) is 0.742. The molecule has 1 amide bonds. The molecule has 0 bridgehead atoms. The minimum absolute atomic E-state index is 0.00772. The molecule has 0 spiro atoms. The van der Waals surface area contributed by atoms with E-state index in [1.165, 1.54) is 0 Å². The molecule has 0 aromatic carbocycles. The normalized spacial score (nSPS) is 45.6. The van der Waals surface area contributed by atoms with E-state index in [0.29, 0.717) is 12.8 Å². The Morgan fingerprint density at radius 3 is 2.30 bits per heavy atom. The Bertz CT molecular complexity index is 1200. The summed E-state index contributed by atoms with van der Waals surface area (Å²) in [6.45, 7) is 15.0. The predicted molar refractivity (Wildman–Crippen MR) is 139 cm³/mol. The highest BCUT2D eigenvalue weighted by atomic mass is 16.5. The number of hydroxylamine groups is 1. The minimum atomic E-state index is -0.736. The van der Waals surface area contributed by atoms with Crippen molar-refractivity contribution in [2.24, 2.45) is 50.2 Å². The second-order valence-electron chi connectivity index (χ2n) is 14.9. The van der Waals surface area contributed by atoms with E-state index >= 15 is 0 Å². The van der Waals surface area contributed by atoms with Crippen molar-refractivity contribution in [2.45, 2.75) is 93.4 Å². The van der Waals surface area contributed by atoms with Crippen molar-refractivity contribution in [3.63, 3.8) is 0 Å². The molecule has 0 radical (unpaired) electrons. The van der Waals surface area contributed by atoms with Gasteiger partial charge in [-0.3, -0.25) is 19.6 Å². The first-order valence-corrected chi connectivity index (χ1v) is 13.9. The highest BCUT2D eigenvalue weighted by Gasteiger charge is 2.70. The van der Waals surface area contributed by atoms with E-state index < -0.39 is 16.2 Å². The van der Waals surface area contributed by atoms with E-state index in [4.69, 9.17) is 0 Å².